The Morgan fingerprint density at radius 2 is 1.92 bits per heavy atom. The molecule has 2 aromatic heterocycles. The maximum atomic E-state index is 12.8. The molecule has 1 aromatic carbocycles. The molecule has 0 saturated carbocycles. The molecule has 1 unspecified atom stereocenters. The van der Waals surface area contributed by atoms with E-state index < -0.39 is 0 Å². The van der Waals surface area contributed by atoms with Crippen molar-refractivity contribution in [2.45, 2.75) is 31.8 Å². The summed E-state index contributed by atoms with van der Waals surface area (Å²) in [5, 5.41) is 14.9. The molecule has 0 spiro atoms. The molecule has 6 heteroatoms. The number of aryl methyl sites for hydroxylation is 1. The number of hydrogen-bond acceptors (Lipinski definition) is 4. The van der Waals surface area contributed by atoms with Gasteiger partial charge in [-0.1, -0.05) is 30.3 Å². The highest BCUT2D eigenvalue weighted by atomic mass is 32.1. The van der Waals surface area contributed by atoms with E-state index in [0.717, 1.165) is 40.2 Å². The van der Waals surface area contributed by atoms with Crippen LogP contribution in [-0.4, -0.2) is 16.1 Å². The molecular weight excluding hydrogens is 332 g/mol. The number of aromatic nitrogens is 2. The molecule has 3 N–H and O–H groups in total. The lowest BCUT2D eigenvalue weighted by Gasteiger charge is -2.26. The maximum Gasteiger partial charge on any atom is 0.256 e. The largest absolute Gasteiger partial charge is 0.352 e. The maximum absolute atomic E-state index is 12.8. The molecule has 25 heavy (non-hydrogen) atoms. The van der Waals surface area contributed by atoms with Crippen molar-refractivity contribution >= 4 is 22.2 Å². The monoisotopic (exact) mass is 350 g/mol. The number of nitrogens with one attached hydrogen (secondary N) is 3. The van der Waals surface area contributed by atoms with Gasteiger partial charge in [0.05, 0.1) is 17.5 Å². The van der Waals surface area contributed by atoms with E-state index in [1.54, 1.807) is 17.5 Å². The lowest BCUT2D eigenvalue weighted by molar-refractivity contribution is 0.0935. The van der Waals surface area contributed by atoms with E-state index in [1.165, 1.54) is 23.3 Å². The van der Waals surface area contributed by atoms with Gasteiger partial charge in [0.15, 0.2) is 0 Å². The lowest BCUT2D eigenvalue weighted by Crippen LogP contribution is -2.38. The van der Waals surface area contributed by atoms with Gasteiger partial charge in [0.25, 0.3) is 5.91 Å². The summed E-state index contributed by atoms with van der Waals surface area (Å²) in [7, 11) is 0. The fourth-order valence-electron chi connectivity index (χ4n) is 3.78. The summed E-state index contributed by atoms with van der Waals surface area (Å²) < 4.78 is 0. The molecular formula is C19H18N4OS. The number of fused-ring (bicyclic) bond motifs is 3. The van der Waals surface area contributed by atoms with E-state index in [0.29, 0.717) is 0 Å². The normalized spacial score (nSPS) is 18.9. The van der Waals surface area contributed by atoms with Crippen molar-refractivity contribution in [2.75, 3.05) is 5.32 Å². The van der Waals surface area contributed by atoms with Crippen molar-refractivity contribution < 1.29 is 4.79 Å². The number of thiophene rings is 1. The van der Waals surface area contributed by atoms with Gasteiger partial charge >= 0.3 is 0 Å². The number of anilines is 1. The topological polar surface area (TPSA) is 69.8 Å². The second-order valence-electron chi connectivity index (χ2n) is 6.53. The number of H-pyrrole nitrogens is 1. The number of hydrogen-bond donors (Lipinski definition) is 3. The molecule has 0 fully saturated rings. The summed E-state index contributed by atoms with van der Waals surface area (Å²) in [5.74, 6) is 0.0263. The molecule has 0 radical (unpaired) electrons. The van der Waals surface area contributed by atoms with Gasteiger partial charge in [-0.2, -0.15) is 5.10 Å². The third kappa shape index (κ3) is 2.36. The van der Waals surface area contributed by atoms with E-state index >= 15 is 0 Å². The predicted octanol–water partition coefficient (Wildman–Crippen LogP) is 3.87. The molecule has 5 rings (SSSR count). The number of nitrogens with zero attached hydrogens (tertiary/aromatic N) is 1. The average Bonchev–Trinajstić information content (AvgIpc) is 3.27. The van der Waals surface area contributed by atoms with E-state index in [4.69, 9.17) is 0 Å². The van der Waals surface area contributed by atoms with Crippen LogP contribution < -0.4 is 10.6 Å². The van der Waals surface area contributed by atoms with Crippen LogP contribution in [0.5, 0.6) is 0 Å². The van der Waals surface area contributed by atoms with Crippen molar-refractivity contribution in [2.24, 2.45) is 0 Å². The van der Waals surface area contributed by atoms with Crippen LogP contribution in [-0.2, 0) is 12.8 Å². The Labute approximate surface area is 149 Å². The fraction of sp³-hybridized carbons (Fsp3) is 0.263. The van der Waals surface area contributed by atoms with Gasteiger partial charge in [-0.05, 0) is 36.8 Å². The smallest absolute Gasteiger partial charge is 0.256 e. The molecule has 3 heterocycles. The Kier molecular flexibility index (Phi) is 3.38. The van der Waals surface area contributed by atoms with E-state index in [-0.39, 0.29) is 12.1 Å². The minimum atomic E-state index is -0.269. The number of amides is 1. The van der Waals surface area contributed by atoms with Crippen LogP contribution in [0.2, 0.25) is 0 Å². The van der Waals surface area contributed by atoms with Crippen molar-refractivity contribution in [3.63, 3.8) is 0 Å². The van der Waals surface area contributed by atoms with E-state index in [2.05, 4.69) is 20.8 Å². The Morgan fingerprint density at radius 1 is 1.08 bits per heavy atom. The van der Waals surface area contributed by atoms with Gasteiger partial charge in [0.2, 0.25) is 0 Å². The second-order valence-corrected chi connectivity index (χ2v) is 7.64. The van der Waals surface area contributed by atoms with Crippen LogP contribution in [0.3, 0.4) is 0 Å². The van der Waals surface area contributed by atoms with Crippen molar-refractivity contribution in [1.82, 2.24) is 15.5 Å². The highest BCUT2D eigenvalue weighted by molar-refractivity contribution is 7.16. The van der Waals surface area contributed by atoms with Crippen LogP contribution in [0.4, 0.5) is 5.00 Å². The first kappa shape index (κ1) is 14.7. The fourth-order valence-corrected chi connectivity index (χ4v) is 5.10. The molecule has 1 aliphatic heterocycles. The van der Waals surface area contributed by atoms with Crippen molar-refractivity contribution in [3.8, 4) is 11.3 Å². The lowest BCUT2D eigenvalue weighted by atomic mass is 9.94. The number of rotatable bonds is 2. The molecule has 1 atom stereocenters. The Balaban J connectivity index is 1.53. The van der Waals surface area contributed by atoms with Crippen molar-refractivity contribution in [1.29, 1.82) is 0 Å². The van der Waals surface area contributed by atoms with Crippen LogP contribution in [0.25, 0.3) is 11.3 Å². The van der Waals surface area contributed by atoms with Crippen LogP contribution in [0.1, 0.15) is 45.4 Å². The zero-order valence-electron chi connectivity index (χ0n) is 13.6. The predicted molar refractivity (Wildman–Crippen MR) is 98.8 cm³/mol. The molecule has 5 nitrogen and oxygen atoms in total. The molecule has 1 amide bonds. The summed E-state index contributed by atoms with van der Waals surface area (Å²) in [4.78, 5) is 14.2. The van der Waals surface area contributed by atoms with Crippen LogP contribution in [0.15, 0.2) is 36.5 Å². The molecule has 2 aliphatic rings. The Morgan fingerprint density at radius 3 is 2.80 bits per heavy atom. The Hall–Kier alpha value is -2.60. The first-order chi connectivity index (χ1) is 12.3. The van der Waals surface area contributed by atoms with Gasteiger partial charge in [0, 0.05) is 10.4 Å². The summed E-state index contributed by atoms with van der Waals surface area (Å²) in [6, 6.07) is 10.1. The minimum absolute atomic E-state index is 0.0263. The first-order valence-electron chi connectivity index (χ1n) is 8.62. The summed E-state index contributed by atoms with van der Waals surface area (Å²) in [6.07, 6.45) is 6.02. The molecule has 0 saturated heterocycles. The quantitative estimate of drug-likeness (QED) is 0.657. The summed E-state index contributed by atoms with van der Waals surface area (Å²) in [5.41, 5.74) is 5.06. The molecule has 1 aliphatic carbocycles. The average molecular weight is 350 g/mol. The first-order valence-corrected chi connectivity index (χ1v) is 9.43. The third-order valence-electron chi connectivity index (χ3n) is 4.99. The third-order valence-corrected chi connectivity index (χ3v) is 6.21. The highest BCUT2D eigenvalue weighted by Crippen LogP contribution is 2.42. The zero-order chi connectivity index (χ0) is 16.8. The van der Waals surface area contributed by atoms with Crippen LogP contribution >= 0.6 is 11.3 Å². The van der Waals surface area contributed by atoms with Gasteiger partial charge in [-0.15, -0.1) is 11.3 Å². The number of benzene rings is 1. The number of carbonyl (C=O) groups is 1. The van der Waals surface area contributed by atoms with E-state index in [9.17, 15) is 4.79 Å². The van der Waals surface area contributed by atoms with Gasteiger partial charge in [-0.25, -0.2) is 0 Å². The summed E-state index contributed by atoms with van der Waals surface area (Å²) >= 11 is 1.74. The number of carbonyl (C=O) groups excluding carboxylic acids is 1. The van der Waals surface area contributed by atoms with Gasteiger partial charge in [-0.3, -0.25) is 9.89 Å². The SMILES string of the molecule is O=C1NC(c2cn[nH]c2-c2ccccc2)Nc2sc3c(c21)CCCC3. The number of aromatic amines is 1. The molecule has 3 aromatic rings. The van der Waals surface area contributed by atoms with Gasteiger partial charge < -0.3 is 10.6 Å². The van der Waals surface area contributed by atoms with Gasteiger partial charge in [0.1, 0.15) is 11.2 Å². The Bertz CT molecular complexity index is 944. The highest BCUT2D eigenvalue weighted by Gasteiger charge is 2.33. The molecule has 0 bridgehead atoms. The zero-order valence-corrected chi connectivity index (χ0v) is 14.5. The van der Waals surface area contributed by atoms with E-state index in [1.807, 2.05) is 30.3 Å². The summed E-state index contributed by atoms with van der Waals surface area (Å²) in [6.45, 7) is 0. The standard InChI is InChI=1S/C19H18N4OS/c24-18-15-12-8-4-5-9-14(12)25-19(15)22-17(21-18)13-10-20-23-16(13)11-6-2-1-3-7-11/h1-3,6-7,10,17,22H,4-5,8-9H2,(H,20,23)(H,21,24). The van der Waals surface area contributed by atoms with Crippen molar-refractivity contribution in [3.05, 3.63) is 58.1 Å². The minimum Gasteiger partial charge on any atom is -0.352 e. The van der Waals surface area contributed by atoms with Crippen LogP contribution in [0, 0.1) is 0 Å². The second kappa shape index (κ2) is 5.74. The molecule has 126 valence electrons.